The van der Waals surface area contributed by atoms with Crippen LogP contribution in [0.15, 0.2) is 52.9 Å². The third kappa shape index (κ3) is 3.55. The summed E-state index contributed by atoms with van der Waals surface area (Å²) in [6.45, 7) is 0. The van der Waals surface area contributed by atoms with Gasteiger partial charge in [-0.1, -0.05) is 12.1 Å². The van der Waals surface area contributed by atoms with Crippen molar-refractivity contribution in [2.24, 2.45) is 0 Å². The summed E-state index contributed by atoms with van der Waals surface area (Å²) in [5.74, 6) is -0.137. The van der Waals surface area contributed by atoms with Gasteiger partial charge in [0.15, 0.2) is 0 Å². The molecule has 0 spiro atoms. The first-order valence-corrected chi connectivity index (χ1v) is 9.50. The minimum atomic E-state index is -3.74. The number of aromatic nitrogens is 1. The quantitative estimate of drug-likeness (QED) is 0.730. The number of anilines is 1. The number of likely N-dealkylation sites (N-methyl/N-ethyl adjacent to an activating group) is 1. The number of fused-ring (bicyclic) bond motifs is 1. The molecule has 1 aromatic carbocycles. The Bertz CT molecular complexity index is 996. The van der Waals surface area contributed by atoms with Crippen molar-refractivity contribution in [2.45, 2.75) is 11.3 Å². The maximum Gasteiger partial charge on any atom is 0.263 e. The van der Waals surface area contributed by atoms with E-state index >= 15 is 0 Å². The van der Waals surface area contributed by atoms with E-state index in [1.54, 1.807) is 37.4 Å². The lowest BCUT2D eigenvalue weighted by Crippen LogP contribution is -2.20. The van der Waals surface area contributed by atoms with Gasteiger partial charge in [-0.05, 0) is 35.2 Å². The second-order valence-corrected chi connectivity index (χ2v) is 7.76. The van der Waals surface area contributed by atoms with Gasteiger partial charge in [0, 0.05) is 18.9 Å². The molecule has 2 N–H and O–H groups in total. The molecule has 2 heterocycles. The number of nitrogens with one attached hydrogen (secondary N) is 2. The number of carbonyl (C=O) groups is 1. The Morgan fingerprint density at radius 1 is 1.25 bits per heavy atom. The van der Waals surface area contributed by atoms with Crippen LogP contribution in [0.4, 0.5) is 5.69 Å². The maximum atomic E-state index is 12.5. The topological polar surface area (TPSA) is 88.2 Å². The molecule has 0 radical (unpaired) electrons. The smallest absolute Gasteiger partial charge is 0.263 e. The van der Waals surface area contributed by atoms with Crippen LogP contribution >= 0.6 is 11.3 Å². The number of carbonyl (C=O) groups excluding carboxylic acids is 1. The minimum Gasteiger partial charge on any atom is -0.359 e. The van der Waals surface area contributed by atoms with Gasteiger partial charge in [-0.2, -0.15) is 0 Å². The third-order valence-electron chi connectivity index (χ3n) is 3.41. The Labute approximate surface area is 143 Å². The lowest BCUT2D eigenvalue weighted by molar-refractivity contribution is -0.119. The van der Waals surface area contributed by atoms with E-state index in [9.17, 15) is 13.2 Å². The number of hydrogen-bond donors (Lipinski definition) is 2. The van der Waals surface area contributed by atoms with E-state index in [0.717, 1.165) is 15.8 Å². The predicted octanol–water partition coefficient (Wildman–Crippen LogP) is 2.39. The third-order valence-corrected chi connectivity index (χ3v) is 5.61. The molecule has 0 fully saturated rings. The fourth-order valence-electron chi connectivity index (χ4n) is 2.21. The molecule has 6 nitrogen and oxygen atoms in total. The second-order valence-electron chi connectivity index (χ2n) is 5.13. The summed E-state index contributed by atoms with van der Waals surface area (Å²) in [7, 11) is -2.18. The molecule has 0 bridgehead atoms. The Morgan fingerprint density at radius 3 is 2.88 bits per heavy atom. The van der Waals surface area contributed by atoms with Crippen LogP contribution in [-0.2, 0) is 21.2 Å². The highest BCUT2D eigenvalue weighted by Crippen LogP contribution is 2.23. The number of nitrogens with zero attached hydrogens (tertiary/aromatic N) is 1. The summed E-state index contributed by atoms with van der Waals surface area (Å²) in [6.07, 6.45) is 1.53. The molecule has 124 valence electrons. The van der Waals surface area contributed by atoms with Crippen LogP contribution in [0.1, 0.15) is 5.56 Å². The van der Waals surface area contributed by atoms with Gasteiger partial charge in [-0.3, -0.25) is 14.5 Å². The number of amides is 1. The Balaban J connectivity index is 1.86. The van der Waals surface area contributed by atoms with Crippen LogP contribution in [0, 0.1) is 0 Å². The van der Waals surface area contributed by atoms with Crippen LogP contribution in [-0.4, -0.2) is 26.4 Å². The molecule has 0 atom stereocenters. The van der Waals surface area contributed by atoms with Crippen molar-refractivity contribution in [2.75, 3.05) is 11.8 Å². The van der Waals surface area contributed by atoms with Gasteiger partial charge in [0.2, 0.25) is 5.91 Å². The molecule has 1 amide bonds. The highest BCUT2D eigenvalue weighted by molar-refractivity contribution is 7.92. The van der Waals surface area contributed by atoms with Gasteiger partial charge < -0.3 is 5.32 Å². The van der Waals surface area contributed by atoms with E-state index in [-0.39, 0.29) is 17.2 Å². The first kappa shape index (κ1) is 16.4. The van der Waals surface area contributed by atoms with Crippen LogP contribution in [0.2, 0.25) is 0 Å². The fourth-order valence-corrected chi connectivity index (χ4v) is 4.08. The normalized spacial score (nSPS) is 11.4. The molecule has 0 aliphatic rings. The molecule has 0 saturated carbocycles. The van der Waals surface area contributed by atoms with Crippen molar-refractivity contribution < 1.29 is 13.2 Å². The lowest BCUT2D eigenvalue weighted by atomic mass is 10.1. The summed E-state index contributed by atoms with van der Waals surface area (Å²) in [6, 6.07) is 10.2. The SMILES string of the molecule is CNC(=O)Cc1cccc(NS(=O)(=O)c2cnc3ccsc3c2)c1. The number of pyridine rings is 1. The van der Waals surface area contributed by atoms with E-state index in [2.05, 4.69) is 15.0 Å². The number of benzene rings is 1. The molecule has 8 heteroatoms. The van der Waals surface area contributed by atoms with Gasteiger partial charge in [-0.25, -0.2) is 8.42 Å². The zero-order valence-corrected chi connectivity index (χ0v) is 14.4. The summed E-state index contributed by atoms with van der Waals surface area (Å²) in [5.41, 5.74) is 1.90. The minimum absolute atomic E-state index is 0.106. The second kappa shape index (κ2) is 6.58. The predicted molar refractivity (Wildman–Crippen MR) is 94.6 cm³/mol. The molecule has 2 aromatic heterocycles. The number of thiophene rings is 1. The number of sulfonamides is 1. The zero-order chi connectivity index (χ0) is 17.2. The van der Waals surface area contributed by atoms with Gasteiger partial charge in [-0.15, -0.1) is 11.3 Å². The van der Waals surface area contributed by atoms with Crippen molar-refractivity contribution in [1.82, 2.24) is 10.3 Å². The molecule has 24 heavy (non-hydrogen) atoms. The molecule has 0 aliphatic carbocycles. The molecular weight excluding hydrogens is 346 g/mol. The van der Waals surface area contributed by atoms with Crippen LogP contribution in [0.5, 0.6) is 0 Å². The van der Waals surface area contributed by atoms with Crippen molar-refractivity contribution in [3.05, 3.63) is 53.5 Å². The molecule has 0 saturated heterocycles. The van der Waals surface area contributed by atoms with E-state index in [0.29, 0.717) is 5.69 Å². The van der Waals surface area contributed by atoms with E-state index in [1.807, 2.05) is 11.4 Å². The van der Waals surface area contributed by atoms with E-state index in [1.165, 1.54) is 17.5 Å². The largest absolute Gasteiger partial charge is 0.359 e. The first-order chi connectivity index (χ1) is 11.5. The molecule has 0 aliphatic heterocycles. The van der Waals surface area contributed by atoms with Crippen molar-refractivity contribution in [3.8, 4) is 0 Å². The zero-order valence-electron chi connectivity index (χ0n) is 12.8. The highest BCUT2D eigenvalue weighted by atomic mass is 32.2. The van der Waals surface area contributed by atoms with Gasteiger partial charge >= 0.3 is 0 Å². The van der Waals surface area contributed by atoms with Crippen LogP contribution < -0.4 is 10.0 Å². The van der Waals surface area contributed by atoms with Crippen molar-refractivity contribution in [1.29, 1.82) is 0 Å². The Kier molecular flexibility index (Phi) is 4.50. The monoisotopic (exact) mass is 361 g/mol. The standard InChI is InChI=1S/C16H15N3O3S2/c1-17-16(20)8-11-3-2-4-12(7-11)19-24(21,22)13-9-15-14(18-10-13)5-6-23-15/h2-7,9-10,19H,8H2,1H3,(H,17,20). The van der Waals surface area contributed by atoms with Crippen molar-refractivity contribution in [3.63, 3.8) is 0 Å². The summed E-state index contributed by atoms with van der Waals surface area (Å²) in [4.78, 5) is 15.7. The van der Waals surface area contributed by atoms with E-state index < -0.39 is 10.0 Å². The van der Waals surface area contributed by atoms with E-state index in [4.69, 9.17) is 0 Å². The van der Waals surface area contributed by atoms with Crippen LogP contribution in [0.3, 0.4) is 0 Å². The highest BCUT2D eigenvalue weighted by Gasteiger charge is 2.16. The average Bonchev–Trinajstić information content (AvgIpc) is 3.02. The first-order valence-electron chi connectivity index (χ1n) is 7.13. The van der Waals surface area contributed by atoms with Crippen molar-refractivity contribution >= 4 is 43.2 Å². The summed E-state index contributed by atoms with van der Waals surface area (Å²) >= 11 is 1.44. The summed E-state index contributed by atoms with van der Waals surface area (Å²) in [5, 5.41) is 4.40. The van der Waals surface area contributed by atoms with Gasteiger partial charge in [0.25, 0.3) is 10.0 Å². The number of hydrogen-bond acceptors (Lipinski definition) is 5. The molecule has 0 unspecified atom stereocenters. The lowest BCUT2D eigenvalue weighted by Gasteiger charge is -2.09. The van der Waals surface area contributed by atoms with Gasteiger partial charge in [0.1, 0.15) is 4.90 Å². The fraction of sp³-hybridized carbons (Fsp3) is 0.125. The molecule has 3 aromatic rings. The molecule has 3 rings (SSSR count). The maximum absolute atomic E-state index is 12.5. The molecular formula is C16H15N3O3S2. The summed E-state index contributed by atoms with van der Waals surface area (Å²) < 4.78 is 28.4. The van der Waals surface area contributed by atoms with Crippen LogP contribution in [0.25, 0.3) is 10.2 Å². The number of rotatable bonds is 5. The Morgan fingerprint density at radius 2 is 2.08 bits per heavy atom. The average molecular weight is 361 g/mol. The Hall–Kier alpha value is -2.45. The van der Waals surface area contributed by atoms with Gasteiger partial charge in [0.05, 0.1) is 16.6 Å².